The Bertz CT molecular complexity index is 1220. The molecule has 35 heavy (non-hydrogen) atoms. The average Bonchev–Trinajstić information content (AvgIpc) is 2.78. The highest BCUT2D eigenvalue weighted by atomic mass is 19.1. The molecule has 2 aliphatic heterocycles. The normalized spacial score (nSPS) is 18.3. The number of piperazine rings is 1. The number of carboxylic acid groups (broad SMARTS) is 3. The zero-order chi connectivity index (χ0) is 26.0. The Morgan fingerprint density at radius 2 is 1.83 bits per heavy atom. The number of hydrogen-bond acceptors (Lipinski definition) is 8. The Morgan fingerprint density at radius 1 is 1.20 bits per heavy atom. The van der Waals surface area contributed by atoms with Gasteiger partial charge in [-0.2, -0.15) is 0 Å². The number of nitrogens with zero attached hydrogens (tertiary/aromatic N) is 3. The molecule has 190 valence electrons. The van der Waals surface area contributed by atoms with E-state index >= 15 is 0 Å². The van der Waals surface area contributed by atoms with Crippen molar-refractivity contribution in [3.63, 3.8) is 0 Å². The molecule has 2 atom stereocenters. The number of halogens is 1. The largest absolute Gasteiger partial charge is 0.487 e. The first kappa shape index (κ1) is 25.9. The second kappa shape index (κ2) is 10.3. The molecule has 1 saturated heterocycles. The van der Waals surface area contributed by atoms with Crippen LogP contribution in [0.5, 0.6) is 5.75 Å². The number of likely N-dealkylation sites (N-methyl/N-ethyl adjacent to an activating group) is 1. The molecule has 13 heteroatoms. The van der Waals surface area contributed by atoms with Crippen molar-refractivity contribution in [1.29, 1.82) is 0 Å². The van der Waals surface area contributed by atoms with E-state index in [1.165, 1.54) is 6.20 Å². The van der Waals surface area contributed by atoms with Crippen LogP contribution in [0.15, 0.2) is 17.1 Å². The monoisotopic (exact) mass is 494 g/mol. The zero-order valence-corrected chi connectivity index (χ0v) is 19.2. The minimum Gasteiger partial charge on any atom is -0.487 e. The molecule has 3 heterocycles. The molecule has 0 amide bonds. The number of anilines is 1. The van der Waals surface area contributed by atoms with E-state index in [-0.39, 0.29) is 23.6 Å². The fourth-order valence-corrected chi connectivity index (χ4v) is 3.96. The van der Waals surface area contributed by atoms with Crippen molar-refractivity contribution in [2.75, 3.05) is 44.7 Å². The van der Waals surface area contributed by atoms with Crippen molar-refractivity contribution >= 4 is 34.5 Å². The van der Waals surface area contributed by atoms with Crippen molar-refractivity contribution in [3.8, 4) is 5.75 Å². The van der Waals surface area contributed by atoms with Crippen molar-refractivity contribution < 1.29 is 38.8 Å². The van der Waals surface area contributed by atoms with Gasteiger partial charge in [-0.25, -0.2) is 9.18 Å². The van der Waals surface area contributed by atoms with Gasteiger partial charge in [-0.15, -0.1) is 0 Å². The lowest BCUT2D eigenvalue weighted by atomic mass is 10.1. The predicted molar refractivity (Wildman–Crippen MR) is 123 cm³/mol. The molecule has 0 bridgehead atoms. The topological polar surface area (TPSA) is 176 Å². The molecule has 0 radical (unpaired) electrons. The molecular weight excluding hydrogens is 467 g/mol. The molecule has 0 aliphatic carbocycles. The maximum Gasteiger partial charge on any atom is 0.341 e. The number of carbonyl (C=O) groups is 3. The lowest BCUT2D eigenvalue weighted by Crippen LogP contribution is -2.45. The van der Waals surface area contributed by atoms with Crippen LogP contribution in [0.25, 0.3) is 10.9 Å². The van der Waals surface area contributed by atoms with E-state index in [2.05, 4.69) is 4.90 Å². The van der Waals surface area contributed by atoms with Crippen LogP contribution in [0.1, 0.15) is 29.7 Å². The van der Waals surface area contributed by atoms with E-state index in [0.29, 0.717) is 30.0 Å². The number of aromatic carboxylic acids is 1. The summed E-state index contributed by atoms with van der Waals surface area (Å²) in [6.07, 6.45) is 0.810. The molecule has 5 N–H and O–H groups in total. The molecule has 4 rings (SSSR count). The van der Waals surface area contributed by atoms with Crippen molar-refractivity contribution in [2.45, 2.75) is 25.4 Å². The summed E-state index contributed by atoms with van der Waals surface area (Å²) in [6, 6.07) is -0.295. The molecule has 12 nitrogen and oxygen atoms in total. The fourth-order valence-electron chi connectivity index (χ4n) is 3.96. The van der Waals surface area contributed by atoms with Gasteiger partial charge in [0.1, 0.15) is 23.9 Å². The van der Waals surface area contributed by atoms with Gasteiger partial charge in [-0.3, -0.25) is 14.4 Å². The summed E-state index contributed by atoms with van der Waals surface area (Å²) in [6.45, 7) is 5.08. The molecule has 2 aliphatic rings. The van der Waals surface area contributed by atoms with Crippen LogP contribution in [-0.4, -0.2) is 88.6 Å². The van der Waals surface area contributed by atoms with Gasteiger partial charge in [0.2, 0.25) is 5.43 Å². The van der Waals surface area contributed by atoms with E-state index < -0.39 is 41.6 Å². The zero-order valence-electron chi connectivity index (χ0n) is 19.2. The molecule has 0 spiro atoms. The summed E-state index contributed by atoms with van der Waals surface area (Å²) in [5.74, 6) is -4.04. The van der Waals surface area contributed by atoms with Gasteiger partial charge in [-0.1, -0.05) is 0 Å². The molecule has 2 aromatic rings. The Labute approximate surface area is 198 Å². The molecule has 2 unspecified atom stereocenters. The van der Waals surface area contributed by atoms with Gasteiger partial charge in [0.25, 0.3) is 0 Å². The number of benzene rings is 1. The molecule has 1 fully saturated rings. The van der Waals surface area contributed by atoms with Crippen LogP contribution in [0.2, 0.25) is 0 Å². The van der Waals surface area contributed by atoms with Gasteiger partial charge in [-0.05, 0) is 20.0 Å². The Morgan fingerprint density at radius 3 is 2.34 bits per heavy atom. The van der Waals surface area contributed by atoms with Gasteiger partial charge in [0.05, 0.1) is 23.4 Å². The van der Waals surface area contributed by atoms with Gasteiger partial charge < -0.3 is 40.2 Å². The number of nitrogens with two attached hydrogens (primary N) is 1. The quantitative estimate of drug-likeness (QED) is 0.453. The summed E-state index contributed by atoms with van der Waals surface area (Å²) < 4.78 is 22.6. The van der Waals surface area contributed by atoms with E-state index in [9.17, 15) is 28.7 Å². The standard InChI is InChI=1S/C18H20FN3O4.C4H7NO4/c1-10-9-26-17-14-11(16(23)12(18(24)25)8-22(10)14)7-13(19)15(17)21-5-3-20(2)4-6-21;5-2(4(8)9)1-3(6)7/h7-8,10H,3-6,9H2,1-2H3,(H,24,25);2H,1,5H2,(H,6,7)(H,8,9). The first-order chi connectivity index (χ1) is 16.4. The number of carboxylic acids is 3. The lowest BCUT2D eigenvalue weighted by Gasteiger charge is -2.37. The van der Waals surface area contributed by atoms with Gasteiger partial charge >= 0.3 is 17.9 Å². The molecular formula is C22H27FN4O8. The fraction of sp³-hybridized carbons (Fsp3) is 0.455. The number of aromatic nitrogens is 1. The van der Waals surface area contributed by atoms with Crippen LogP contribution in [0.4, 0.5) is 10.1 Å². The molecule has 1 aromatic heterocycles. The summed E-state index contributed by atoms with van der Waals surface area (Å²) in [5, 5.41) is 25.4. The van der Waals surface area contributed by atoms with Crippen LogP contribution < -0.4 is 20.8 Å². The van der Waals surface area contributed by atoms with E-state index in [1.54, 1.807) is 4.57 Å². The highest BCUT2D eigenvalue weighted by molar-refractivity contribution is 5.97. The average molecular weight is 494 g/mol. The maximum absolute atomic E-state index is 15.0. The van der Waals surface area contributed by atoms with Crippen LogP contribution in [-0.2, 0) is 9.59 Å². The maximum atomic E-state index is 15.0. The van der Waals surface area contributed by atoms with Crippen molar-refractivity contribution in [2.24, 2.45) is 5.73 Å². The highest BCUT2D eigenvalue weighted by Gasteiger charge is 2.30. The first-order valence-electron chi connectivity index (χ1n) is 10.8. The van der Waals surface area contributed by atoms with Crippen LogP contribution in [0, 0.1) is 5.82 Å². The molecule has 1 aromatic carbocycles. The third kappa shape index (κ3) is 5.35. The lowest BCUT2D eigenvalue weighted by molar-refractivity contribution is -0.144. The predicted octanol–water partition coefficient (Wildman–Crippen LogP) is 0.417. The summed E-state index contributed by atoms with van der Waals surface area (Å²) in [5.41, 5.74) is 4.61. The number of aliphatic carboxylic acids is 2. The van der Waals surface area contributed by atoms with Gasteiger partial charge in [0, 0.05) is 32.4 Å². The van der Waals surface area contributed by atoms with Crippen molar-refractivity contribution in [1.82, 2.24) is 9.47 Å². The van der Waals surface area contributed by atoms with Crippen molar-refractivity contribution in [3.05, 3.63) is 33.9 Å². The highest BCUT2D eigenvalue weighted by Crippen LogP contribution is 2.42. The Balaban J connectivity index is 0.000000327. The summed E-state index contributed by atoms with van der Waals surface area (Å²) in [7, 11) is 2.02. The Kier molecular flexibility index (Phi) is 7.60. The summed E-state index contributed by atoms with van der Waals surface area (Å²) >= 11 is 0. The van der Waals surface area contributed by atoms with E-state index in [1.807, 2.05) is 18.9 Å². The number of ether oxygens (including phenoxy) is 1. The SMILES string of the molecule is CC1COc2c(N3CCN(C)CC3)c(F)cc3c(=O)c(C(=O)O)cn1c23.NC(CC(=O)O)C(=O)O. The summed E-state index contributed by atoms with van der Waals surface area (Å²) in [4.78, 5) is 47.7. The number of hydrogen-bond donors (Lipinski definition) is 4. The number of pyridine rings is 1. The second-order valence-electron chi connectivity index (χ2n) is 8.51. The Hall–Kier alpha value is -3.71. The van der Waals surface area contributed by atoms with Crippen LogP contribution in [0.3, 0.4) is 0 Å². The third-order valence-corrected chi connectivity index (χ3v) is 5.90. The van der Waals surface area contributed by atoms with Crippen LogP contribution >= 0.6 is 0 Å². The van der Waals surface area contributed by atoms with Gasteiger partial charge in [0.15, 0.2) is 11.6 Å². The third-order valence-electron chi connectivity index (χ3n) is 5.90. The van der Waals surface area contributed by atoms with E-state index in [0.717, 1.165) is 19.2 Å². The minimum atomic E-state index is -1.32. The number of rotatable bonds is 5. The minimum absolute atomic E-state index is 0.0434. The van der Waals surface area contributed by atoms with E-state index in [4.69, 9.17) is 20.7 Å². The first-order valence-corrected chi connectivity index (χ1v) is 10.8. The molecule has 0 saturated carbocycles. The smallest absolute Gasteiger partial charge is 0.341 e. The second-order valence-corrected chi connectivity index (χ2v) is 8.51.